The molecular formula is C19H23N3O2S2. The first-order chi connectivity index (χ1) is 12.6. The lowest BCUT2D eigenvalue weighted by molar-refractivity contribution is -0.122. The summed E-state index contributed by atoms with van der Waals surface area (Å²) in [7, 11) is 0. The zero-order valence-corrected chi connectivity index (χ0v) is 16.7. The monoisotopic (exact) mass is 389 g/mol. The number of aromatic nitrogens is 2. The molecule has 3 rings (SSSR count). The Morgan fingerprint density at radius 3 is 2.92 bits per heavy atom. The number of aryl methyl sites for hydroxylation is 1. The molecule has 0 radical (unpaired) electrons. The number of imidazole rings is 1. The average molecular weight is 390 g/mol. The third-order valence-corrected chi connectivity index (χ3v) is 6.17. The van der Waals surface area contributed by atoms with Crippen LogP contribution in [0, 0.1) is 6.92 Å². The Morgan fingerprint density at radius 2 is 2.12 bits per heavy atom. The standard InChI is InChI=1S/C19H23N3O2S2/c1-3-4-8-15-18(23)21(19(24)26-15)11-5-6-12-25-17-10-7-9-16-20-14(2)13-22(16)17/h7-10,13H,3-6,11-12H2,1-2H3. The van der Waals surface area contributed by atoms with Gasteiger partial charge in [-0.15, -0.1) is 11.8 Å². The predicted molar refractivity (Wildman–Crippen MR) is 108 cm³/mol. The van der Waals surface area contributed by atoms with Crippen LogP contribution in [-0.2, 0) is 4.79 Å². The molecule has 0 N–H and O–H groups in total. The Morgan fingerprint density at radius 1 is 1.27 bits per heavy atom. The SMILES string of the molecule is CCCC=C1SC(=O)N(CCCCSc2cccc3nc(C)cn23)C1=O. The van der Waals surface area contributed by atoms with Crippen LogP contribution in [0.1, 0.15) is 38.3 Å². The number of nitrogens with zero attached hydrogens (tertiary/aromatic N) is 3. The molecule has 1 fully saturated rings. The molecule has 0 spiro atoms. The van der Waals surface area contributed by atoms with Crippen LogP contribution in [0.3, 0.4) is 0 Å². The molecule has 2 amide bonds. The second-order valence-corrected chi connectivity index (χ2v) is 8.32. The molecule has 0 saturated carbocycles. The fourth-order valence-corrected chi connectivity index (χ4v) is 4.67. The minimum absolute atomic E-state index is 0.125. The summed E-state index contributed by atoms with van der Waals surface area (Å²) in [5, 5.41) is 1.03. The van der Waals surface area contributed by atoms with Crippen LogP contribution in [-0.4, -0.2) is 37.7 Å². The van der Waals surface area contributed by atoms with E-state index in [1.165, 1.54) is 4.90 Å². The number of pyridine rings is 1. The van der Waals surface area contributed by atoms with Crippen LogP contribution in [0.4, 0.5) is 4.79 Å². The van der Waals surface area contributed by atoms with Crippen molar-refractivity contribution in [1.82, 2.24) is 14.3 Å². The van der Waals surface area contributed by atoms with Gasteiger partial charge in [0, 0.05) is 12.7 Å². The second-order valence-electron chi connectivity index (χ2n) is 6.21. The Labute approximate surface area is 162 Å². The number of carbonyl (C=O) groups is 2. The molecule has 0 bridgehead atoms. The summed E-state index contributed by atoms with van der Waals surface area (Å²) in [6.45, 7) is 4.56. The molecule has 1 aliphatic heterocycles. The topological polar surface area (TPSA) is 54.7 Å². The van der Waals surface area contributed by atoms with Gasteiger partial charge in [0.25, 0.3) is 11.1 Å². The van der Waals surface area contributed by atoms with E-state index in [1.807, 2.05) is 31.3 Å². The quantitative estimate of drug-likeness (QED) is 0.365. The van der Waals surface area contributed by atoms with Crippen molar-refractivity contribution in [2.75, 3.05) is 12.3 Å². The minimum atomic E-state index is -0.135. The molecule has 26 heavy (non-hydrogen) atoms. The highest BCUT2D eigenvalue weighted by atomic mass is 32.2. The zero-order chi connectivity index (χ0) is 18.5. The van der Waals surface area contributed by atoms with E-state index >= 15 is 0 Å². The van der Waals surface area contributed by atoms with Crippen molar-refractivity contribution in [2.24, 2.45) is 0 Å². The predicted octanol–water partition coefficient (Wildman–Crippen LogP) is 4.89. The van der Waals surface area contributed by atoms with Crippen LogP contribution in [0.25, 0.3) is 5.65 Å². The summed E-state index contributed by atoms with van der Waals surface area (Å²) in [6.07, 6.45) is 7.52. The molecule has 0 atom stereocenters. The summed E-state index contributed by atoms with van der Waals surface area (Å²) in [5.41, 5.74) is 1.97. The van der Waals surface area contributed by atoms with Crippen LogP contribution >= 0.6 is 23.5 Å². The van der Waals surface area contributed by atoms with Gasteiger partial charge in [0.1, 0.15) is 5.65 Å². The number of unbranched alkanes of at least 4 members (excludes halogenated alkanes) is 2. The molecule has 5 nitrogen and oxygen atoms in total. The fourth-order valence-electron chi connectivity index (χ4n) is 2.78. The molecule has 2 aromatic heterocycles. The minimum Gasteiger partial charge on any atom is -0.294 e. The van der Waals surface area contributed by atoms with E-state index < -0.39 is 0 Å². The Balaban J connectivity index is 1.47. The summed E-state index contributed by atoms with van der Waals surface area (Å²) in [5.74, 6) is 0.817. The van der Waals surface area contributed by atoms with E-state index in [2.05, 4.69) is 22.4 Å². The molecule has 2 aromatic rings. The first kappa shape index (κ1) is 19.0. The van der Waals surface area contributed by atoms with Gasteiger partial charge in [0.15, 0.2) is 0 Å². The second kappa shape index (κ2) is 8.77. The van der Waals surface area contributed by atoms with Crippen molar-refractivity contribution in [3.05, 3.63) is 41.1 Å². The van der Waals surface area contributed by atoms with Gasteiger partial charge >= 0.3 is 0 Å². The average Bonchev–Trinajstić information content (AvgIpc) is 3.13. The fraction of sp³-hybridized carbons (Fsp3) is 0.421. The number of imide groups is 1. The van der Waals surface area contributed by atoms with Gasteiger partial charge in [-0.25, -0.2) is 4.98 Å². The van der Waals surface area contributed by atoms with Crippen molar-refractivity contribution in [3.63, 3.8) is 0 Å². The molecule has 138 valence electrons. The van der Waals surface area contributed by atoms with Crippen LogP contribution < -0.4 is 0 Å². The number of rotatable bonds is 8. The summed E-state index contributed by atoms with van der Waals surface area (Å²) in [6, 6.07) is 6.11. The molecule has 1 aliphatic rings. The lowest BCUT2D eigenvalue weighted by atomic mass is 10.3. The number of allylic oxidation sites excluding steroid dienone is 1. The summed E-state index contributed by atoms with van der Waals surface area (Å²) < 4.78 is 2.11. The summed E-state index contributed by atoms with van der Waals surface area (Å²) in [4.78, 5) is 30.7. The van der Waals surface area contributed by atoms with Gasteiger partial charge in [0.05, 0.1) is 15.6 Å². The number of hydrogen-bond donors (Lipinski definition) is 0. The van der Waals surface area contributed by atoms with E-state index in [0.29, 0.717) is 11.4 Å². The van der Waals surface area contributed by atoms with Crippen LogP contribution in [0.2, 0.25) is 0 Å². The maximum atomic E-state index is 12.3. The van der Waals surface area contributed by atoms with Crippen molar-refractivity contribution in [1.29, 1.82) is 0 Å². The van der Waals surface area contributed by atoms with E-state index in [4.69, 9.17) is 0 Å². The van der Waals surface area contributed by atoms with Crippen molar-refractivity contribution < 1.29 is 9.59 Å². The maximum Gasteiger partial charge on any atom is 0.293 e. The number of fused-ring (bicyclic) bond motifs is 1. The first-order valence-corrected chi connectivity index (χ1v) is 10.7. The van der Waals surface area contributed by atoms with E-state index in [1.54, 1.807) is 11.8 Å². The van der Waals surface area contributed by atoms with E-state index in [9.17, 15) is 9.59 Å². The van der Waals surface area contributed by atoms with Gasteiger partial charge in [-0.2, -0.15) is 0 Å². The largest absolute Gasteiger partial charge is 0.294 e. The Bertz CT molecular complexity index is 844. The van der Waals surface area contributed by atoms with Crippen LogP contribution in [0.5, 0.6) is 0 Å². The normalized spacial score (nSPS) is 16.4. The Hall–Kier alpha value is -1.73. The van der Waals surface area contributed by atoms with Gasteiger partial charge < -0.3 is 0 Å². The molecule has 0 unspecified atom stereocenters. The van der Waals surface area contributed by atoms with Crippen molar-refractivity contribution in [3.8, 4) is 0 Å². The molecule has 0 aliphatic carbocycles. The highest BCUT2D eigenvalue weighted by molar-refractivity contribution is 8.18. The third kappa shape index (κ3) is 4.32. The Kier molecular flexibility index (Phi) is 6.43. The smallest absolute Gasteiger partial charge is 0.293 e. The van der Waals surface area contributed by atoms with Gasteiger partial charge in [-0.3, -0.25) is 18.9 Å². The summed E-state index contributed by atoms with van der Waals surface area (Å²) >= 11 is 2.85. The van der Waals surface area contributed by atoms with Crippen molar-refractivity contribution in [2.45, 2.75) is 44.6 Å². The van der Waals surface area contributed by atoms with Crippen LogP contribution in [0.15, 0.2) is 40.4 Å². The van der Waals surface area contributed by atoms with Crippen molar-refractivity contribution >= 4 is 40.3 Å². The third-order valence-electron chi connectivity index (χ3n) is 4.09. The number of carbonyl (C=O) groups excluding carboxylic acids is 2. The highest BCUT2D eigenvalue weighted by Gasteiger charge is 2.34. The number of hydrogen-bond acceptors (Lipinski definition) is 5. The van der Waals surface area contributed by atoms with E-state index in [0.717, 1.165) is 59.6 Å². The molecule has 7 heteroatoms. The molecule has 1 saturated heterocycles. The van der Waals surface area contributed by atoms with Gasteiger partial charge in [0.2, 0.25) is 0 Å². The number of thioether (sulfide) groups is 2. The molecule has 0 aromatic carbocycles. The van der Waals surface area contributed by atoms with E-state index in [-0.39, 0.29) is 11.1 Å². The van der Waals surface area contributed by atoms with Gasteiger partial charge in [-0.05, 0) is 55.8 Å². The lowest BCUT2D eigenvalue weighted by Crippen LogP contribution is -2.29. The molecular weight excluding hydrogens is 366 g/mol. The van der Waals surface area contributed by atoms with Gasteiger partial charge in [-0.1, -0.05) is 25.5 Å². The maximum absolute atomic E-state index is 12.3. The highest BCUT2D eigenvalue weighted by Crippen LogP contribution is 2.31. The lowest BCUT2D eigenvalue weighted by Gasteiger charge is -2.12. The number of amides is 2. The zero-order valence-electron chi connectivity index (χ0n) is 15.1. The first-order valence-electron chi connectivity index (χ1n) is 8.91. The molecule has 3 heterocycles.